The zero-order valence-corrected chi connectivity index (χ0v) is 11.7. The predicted octanol–water partition coefficient (Wildman–Crippen LogP) is 5.26. The Morgan fingerprint density at radius 3 is 2.76 bits per heavy atom. The van der Waals surface area contributed by atoms with E-state index in [1.54, 1.807) is 0 Å². The SMILES string of the molecule is FC(F)(F)c1c[c]c(Cl)c(NC2CCc3ccccc32)c1. The number of halogens is 4. The molecule has 3 rings (SSSR count). The quantitative estimate of drug-likeness (QED) is 0.798. The number of rotatable bonds is 2. The largest absolute Gasteiger partial charge is 0.416 e. The Labute approximate surface area is 125 Å². The minimum Gasteiger partial charge on any atom is -0.377 e. The Morgan fingerprint density at radius 1 is 1.24 bits per heavy atom. The van der Waals surface area contributed by atoms with E-state index in [9.17, 15) is 13.2 Å². The van der Waals surface area contributed by atoms with Crippen molar-refractivity contribution in [3.05, 3.63) is 64.2 Å². The minimum atomic E-state index is -4.40. The van der Waals surface area contributed by atoms with Gasteiger partial charge in [0.2, 0.25) is 0 Å². The average molecular weight is 311 g/mol. The van der Waals surface area contributed by atoms with Crippen LogP contribution in [0.25, 0.3) is 0 Å². The van der Waals surface area contributed by atoms with Crippen molar-refractivity contribution in [1.82, 2.24) is 0 Å². The van der Waals surface area contributed by atoms with Crippen LogP contribution in [0.3, 0.4) is 0 Å². The summed E-state index contributed by atoms with van der Waals surface area (Å²) in [5.41, 5.74) is 1.86. The zero-order valence-electron chi connectivity index (χ0n) is 11.0. The number of hydrogen-bond donors (Lipinski definition) is 1. The maximum atomic E-state index is 12.8. The number of fused-ring (bicyclic) bond motifs is 1. The first-order valence-electron chi connectivity index (χ1n) is 6.58. The van der Waals surface area contributed by atoms with E-state index in [4.69, 9.17) is 11.6 Å². The third-order valence-corrected chi connectivity index (χ3v) is 3.99. The Kier molecular flexibility index (Phi) is 3.57. The first-order chi connectivity index (χ1) is 9.95. The molecule has 1 N–H and O–H groups in total. The first kappa shape index (κ1) is 14.3. The molecule has 1 nitrogen and oxygen atoms in total. The number of nitrogens with one attached hydrogen (secondary N) is 1. The molecule has 1 radical (unpaired) electrons. The molecule has 0 aromatic heterocycles. The van der Waals surface area contributed by atoms with Crippen LogP contribution in [0.2, 0.25) is 5.02 Å². The summed E-state index contributed by atoms with van der Waals surface area (Å²) in [6.07, 6.45) is -2.65. The smallest absolute Gasteiger partial charge is 0.377 e. The van der Waals surface area contributed by atoms with E-state index < -0.39 is 11.7 Å². The maximum Gasteiger partial charge on any atom is 0.416 e. The first-order valence-corrected chi connectivity index (χ1v) is 6.96. The second-order valence-electron chi connectivity index (χ2n) is 5.05. The lowest BCUT2D eigenvalue weighted by atomic mass is 10.1. The summed E-state index contributed by atoms with van der Waals surface area (Å²) in [6.45, 7) is 0. The highest BCUT2D eigenvalue weighted by molar-refractivity contribution is 6.33. The summed E-state index contributed by atoms with van der Waals surface area (Å²) >= 11 is 5.97. The van der Waals surface area contributed by atoms with Crippen LogP contribution in [0.15, 0.2) is 36.4 Å². The fraction of sp³-hybridized carbons (Fsp3) is 0.250. The van der Waals surface area contributed by atoms with Gasteiger partial charge in [-0.25, -0.2) is 0 Å². The Morgan fingerprint density at radius 2 is 2.00 bits per heavy atom. The van der Waals surface area contributed by atoms with Crippen molar-refractivity contribution in [3.63, 3.8) is 0 Å². The van der Waals surface area contributed by atoms with Crippen LogP contribution >= 0.6 is 11.6 Å². The lowest BCUT2D eigenvalue weighted by Gasteiger charge is -2.18. The standard InChI is InChI=1S/C16H12ClF3N/c17-13-7-6-11(16(18,19)20)9-15(13)21-14-8-5-10-3-1-2-4-12(10)14/h1-4,6,9,14,21H,5,8H2. The van der Waals surface area contributed by atoms with Crippen LogP contribution < -0.4 is 5.32 Å². The molecule has 0 aliphatic heterocycles. The van der Waals surface area contributed by atoms with Crippen LogP contribution in [0.1, 0.15) is 29.2 Å². The Balaban J connectivity index is 1.89. The van der Waals surface area contributed by atoms with Gasteiger partial charge in [0, 0.05) is 6.07 Å². The Bertz CT molecular complexity index is 667. The second kappa shape index (κ2) is 5.26. The predicted molar refractivity (Wildman–Crippen MR) is 76.4 cm³/mol. The van der Waals surface area contributed by atoms with Crippen LogP contribution in [0.4, 0.5) is 18.9 Å². The summed E-state index contributed by atoms with van der Waals surface area (Å²) < 4.78 is 38.3. The van der Waals surface area contributed by atoms with Crippen molar-refractivity contribution in [1.29, 1.82) is 0 Å². The van der Waals surface area contributed by atoms with E-state index in [0.717, 1.165) is 30.5 Å². The van der Waals surface area contributed by atoms with E-state index in [2.05, 4.69) is 11.4 Å². The zero-order chi connectivity index (χ0) is 15.0. The Hall–Kier alpha value is -1.68. The fourth-order valence-corrected chi connectivity index (χ4v) is 2.81. The van der Waals surface area contributed by atoms with Gasteiger partial charge in [0.15, 0.2) is 0 Å². The summed E-state index contributed by atoms with van der Waals surface area (Å²) in [5.74, 6) is 0. The van der Waals surface area contributed by atoms with E-state index in [0.29, 0.717) is 0 Å². The highest BCUT2D eigenvalue weighted by Crippen LogP contribution is 2.38. The van der Waals surface area contributed by atoms with Crippen LogP contribution in [0, 0.1) is 6.07 Å². The highest BCUT2D eigenvalue weighted by atomic mass is 35.5. The molecule has 2 aromatic carbocycles. The fourth-order valence-electron chi connectivity index (χ4n) is 2.64. The molecular formula is C16H12ClF3N. The van der Waals surface area contributed by atoms with E-state index in [1.807, 2.05) is 24.3 Å². The molecule has 0 amide bonds. The van der Waals surface area contributed by atoms with Gasteiger partial charge in [0.25, 0.3) is 0 Å². The van der Waals surface area contributed by atoms with Crippen LogP contribution in [-0.2, 0) is 12.6 Å². The summed E-state index contributed by atoms with van der Waals surface area (Å²) in [7, 11) is 0. The van der Waals surface area contributed by atoms with Crippen molar-refractivity contribution in [2.24, 2.45) is 0 Å². The highest BCUT2D eigenvalue weighted by Gasteiger charge is 2.31. The van der Waals surface area contributed by atoms with E-state index in [1.165, 1.54) is 5.56 Å². The van der Waals surface area contributed by atoms with Crippen molar-refractivity contribution in [3.8, 4) is 0 Å². The van der Waals surface area contributed by atoms with E-state index in [-0.39, 0.29) is 16.8 Å². The van der Waals surface area contributed by atoms with Gasteiger partial charge in [-0.1, -0.05) is 35.9 Å². The van der Waals surface area contributed by atoms with Gasteiger partial charge in [0.05, 0.1) is 22.3 Å². The summed E-state index contributed by atoms with van der Waals surface area (Å²) in [6, 6.07) is 12.3. The maximum absolute atomic E-state index is 12.8. The summed E-state index contributed by atoms with van der Waals surface area (Å²) in [4.78, 5) is 0. The van der Waals surface area contributed by atoms with Gasteiger partial charge in [-0.15, -0.1) is 0 Å². The second-order valence-corrected chi connectivity index (χ2v) is 5.43. The lowest BCUT2D eigenvalue weighted by Crippen LogP contribution is -2.10. The third kappa shape index (κ3) is 2.86. The molecule has 0 heterocycles. The minimum absolute atomic E-state index is 0.0180. The van der Waals surface area contributed by atoms with Gasteiger partial charge in [-0.2, -0.15) is 13.2 Å². The normalized spacial score (nSPS) is 17.6. The molecule has 0 fully saturated rings. The lowest BCUT2D eigenvalue weighted by molar-refractivity contribution is -0.137. The van der Waals surface area contributed by atoms with Crippen molar-refractivity contribution >= 4 is 17.3 Å². The molecule has 109 valence electrons. The van der Waals surface area contributed by atoms with Crippen molar-refractivity contribution in [2.75, 3.05) is 5.32 Å². The third-order valence-electron chi connectivity index (χ3n) is 3.68. The topological polar surface area (TPSA) is 12.0 Å². The van der Waals surface area contributed by atoms with Gasteiger partial charge in [-0.3, -0.25) is 0 Å². The van der Waals surface area contributed by atoms with Gasteiger partial charge in [0.1, 0.15) is 0 Å². The van der Waals surface area contributed by atoms with Gasteiger partial charge < -0.3 is 5.32 Å². The molecule has 1 aliphatic carbocycles. The molecule has 0 bridgehead atoms. The summed E-state index contributed by atoms with van der Waals surface area (Å²) in [5, 5.41) is 3.29. The van der Waals surface area contributed by atoms with Crippen molar-refractivity contribution < 1.29 is 13.2 Å². The van der Waals surface area contributed by atoms with Crippen LogP contribution in [-0.4, -0.2) is 0 Å². The number of aryl methyl sites for hydroxylation is 1. The molecule has 0 saturated carbocycles. The molecule has 2 aromatic rings. The molecule has 1 unspecified atom stereocenters. The average Bonchev–Trinajstić information content (AvgIpc) is 2.83. The molecule has 1 atom stereocenters. The monoisotopic (exact) mass is 310 g/mol. The molecule has 21 heavy (non-hydrogen) atoms. The van der Waals surface area contributed by atoms with Gasteiger partial charge >= 0.3 is 6.18 Å². The molecule has 0 saturated heterocycles. The molecule has 5 heteroatoms. The number of anilines is 1. The van der Waals surface area contributed by atoms with Gasteiger partial charge in [-0.05, 0) is 36.1 Å². The molecule has 0 spiro atoms. The van der Waals surface area contributed by atoms with Crippen LogP contribution in [0.5, 0.6) is 0 Å². The van der Waals surface area contributed by atoms with E-state index >= 15 is 0 Å². The molecule has 1 aliphatic rings. The number of benzene rings is 2. The number of hydrogen-bond acceptors (Lipinski definition) is 1. The van der Waals surface area contributed by atoms with Crippen molar-refractivity contribution in [2.45, 2.75) is 25.1 Å². The number of alkyl halides is 3. The molecular weight excluding hydrogens is 299 g/mol.